The zero-order chi connectivity index (χ0) is 22.3. The molecule has 1 aliphatic rings. The van der Waals surface area contributed by atoms with Gasteiger partial charge in [0, 0.05) is 43.8 Å². The second-order valence-corrected chi connectivity index (χ2v) is 7.91. The number of hydrogen-bond donors (Lipinski definition) is 1. The van der Waals surface area contributed by atoms with Gasteiger partial charge < -0.3 is 15.0 Å². The highest BCUT2D eigenvalue weighted by Gasteiger charge is 2.17. The predicted molar refractivity (Wildman–Crippen MR) is 125 cm³/mol. The van der Waals surface area contributed by atoms with Crippen LogP contribution >= 0.6 is 0 Å². The van der Waals surface area contributed by atoms with Crippen LogP contribution in [0.2, 0.25) is 0 Å². The lowest BCUT2D eigenvalue weighted by Gasteiger charge is -2.36. The zero-order valence-electron chi connectivity index (χ0n) is 18.4. The number of amides is 1. The summed E-state index contributed by atoms with van der Waals surface area (Å²) >= 11 is 0. The molecule has 2 aromatic carbocycles. The van der Waals surface area contributed by atoms with E-state index >= 15 is 0 Å². The first-order valence-corrected chi connectivity index (χ1v) is 11.0. The Balaban J connectivity index is 1.18. The number of nitrogens with zero attached hydrogens (tertiary/aromatic N) is 4. The molecule has 4 rings (SSSR count). The zero-order valence-corrected chi connectivity index (χ0v) is 18.4. The predicted octanol–water partition coefficient (Wildman–Crippen LogP) is 1.73. The number of carbonyl (C=O) groups is 1. The first-order valence-electron chi connectivity index (χ1n) is 11.0. The van der Waals surface area contributed by atoms with Crippen molar-refractivity contribution in [2.75, 3.05) is 51.3 Å². The van der Waals surface area contributed by atoms with E-state index < -0.39 is 0 Å². The van der Waals surface area contributed by atoms with Crippen molar-refractivity contribution in [2.24, 2.45) is 0 Å². The van der Waals surface area contributed by atoms with Gasteiger partial charge in [-0.25, -0.2) is 0 Å². The Bertz CT molecular complexity index is 1100. The number of aromatic nitrogens is 2. The van der Waals surface area contributed by atoms with Crippen molar-refractivity contribution in [3.05, 3.63) is 65.0 Å². The molecule has 1 aromatic heterocycles. The first-order chi connectivity index (χ1) is 15.6. The van der Waals surface area contributed by atoms with Crippen LogP contribution in [0.5, 0.6) is 5.75 Å². The highest BCUT2D eigenvalue weighted by atomic mass is 16.5. The quantitative estimate of drug-likeness (QED) is 0.543. The van der Waals surface area contributed by atoms with Gasteiger partial charge >= 0.3 is 0 Å². The molecule has 0 spiro atoms. The van der Waals surface area contributed by atoms with E-state index in [0.717, 1.165) is 44.9 Å². The summed E-state index contributed by atoms with van der Waals surface area (Å²) in [4.78, 5) is 29.1. The standard InChI is InChI=1S/C24H29N5O3/c1-32-20-9-7-19(8-10-20)28-15-13-27(14-16-28)12-4-11-25-24(31)18-29-22-6-3-2-5-21(22)23(30)17-26-29/h2-3,5-10,17H,4,11-16,18H2,1H3,(H,25,31). The largest absolute Gasteiger partial charge is 0.497 e. The van der Waals surface area contributed by atoms with Gasteiger partial charge in [-0.3, -0.25) is 19.2 Å². The van der Waals surface area contributed by atoms with Crippen LogP contribution in [0.4, 0.5) is 5.69 Å². The summed E-state index contributed by atoms with van der Waals surface area (Å²) in [5, 5.41) is 7.66. The highest BCUT2D eigenvalue weighted by Crippen LogP contribution is 2.20. The van der Waals surface area contributed by atoms with E-state index in [4.69, 9.17) is 4.74 Å². The second kappa shape index (κ2) is 10.3. The van der Waals surface area contributed by atoms with Gasteiger partial charge in [-0.05, 0) is 49.4 Å². The number of methoxy groups -OCH3 is 1. The molecule has 0 saturated carbocycles. The van der Waals surface area contributed by atoms with Crippen LogP contribution in [0.15, 0.2) is 59.5 Å². The Hall–Kier alpha value is -3.39. The number of fused-ring (bicyclic) bond motifs is 1. The number of rotatable bonds is 8. The summed E-state index contributed by atoms with van der Waals surface area (Å²) in [5.74, 6) is 0.773. The van der Waals surface area contributed by atoms with Gasteiger partial charge in [0.2, 0.25) is 11.3 Å². The van der Waals surface area contributed by atoms with E-state index in [1.54, 1.807) is 17.9 Å². The van der Waals surface area contributed by atoms with Gasteiger partial charge in [0.05, 0.1) is 18.8 Å². The van der Waals surface area contributed by atoms with Crippen LogP contribution in [0.25, 0.3) is 10.9 Å². The SMILES string of the molecule is COc1ccc(N2CCN(CCCNC(=O)Cn3ncc(=O)c4ccccc43)CC2)cc1. The third-order valence-corrected chi connectivity index (χ3v) is 5.84. The summed E-state index contributed by atoms with van der Waals surface area (Å²) < 4.78 is 6.80. The summed E-state index contributed by atoms with van der Waals surface area (Å²) in [6.07, 6.45) is 2.16. The molecule has 0 unspecified atom stereocenters. The molecule has 1 aliphatic heterocycles. The summed E-state index contributed by atoms with van der Waals surface area (Å²) in [6.45, 7) is 5.67. The van der Waals surface area contributed by atoms with Gasteiger partial charge in [-0.2, -0.15) is 5.10 Å². The smallest absolute Gasteiger partial charge is 0.241 e. The Morgan fingerprint density at radius 2 is 1.81 bits per heavy atom. The summed E-state index contributed by atoms with van der Waals surface area (Å²) in [5.41, 5.74) is 1.76. The van der Waals surface area contributed by atoms with Crippen molar-refractivity contribution in [2.45, 2.75) is 13.0 Å². The molecular formula is C24H29N5O3. The Labute approximate surface area is 187 Å². The van der Waals surface area contributed by atoms with Crippen LogP contribution in [0.3, 0.4) is 0 Å². The number of benzene rings is 2. The van der Waals surface area contributed by atoms with Gasteiger partial charge in [-0.15, -0.1) is 0 Å². The minimum absolute atomic E-state index is 0.0985. The van der Waals surface area contributed by atoms with Crippen molar-refractivity contribution in [3.63, 3.8) is 0 Å². The van der Waals surface area contributed by atoms with E-state index in [1.807, 2.05) is 30.3 Å². The van der Waals surface area contributed by atoms with Crippen LogP contribution < -0.4 is 20.4 Å². The molecule has 0 aliphatic carbocycles. The Morgan fingerprint density at radius 1 is 1.06 bits per heavy atom. The molecule has 8 nitrogen and oxygen atoms in total. The second-order valence-electron chi connectivity index (χ2n) is 7.91. The molecule has 2 heterocycles. The van der Waals surface area contributed by atoms with Crippen LogP contribution in [-0.2, 0) is 11.3 Å². The van der Waals surface area contributed by atoms with Crippen LogP contribution in [0, 0.1) is 0 Å². The maximum absolute atomic E-state index is 12.4. The molecule has 32 heavy (non-hydrogen) atoms. The molecule has 1 amide bonds. The lowest BCUT2D eigenvalue weighted by molar-refractivity contribution is -0.121. The van der Waals surface area contributed by atoms with E-state index in [0.29, 0.717) is 17.4 Å². The van der Waals surface area contributed by atoms with E-state index in [2.05, 4.69) is 32.3 Å². The fourth-order valence-corrected chi connectivity index (χ4v) is 4.03. The van der Waals surface area contributed by atoms with Crippen molar-refractivity contribution >= 4 is 22.5 Å². The number of ether oxygens (including phenoxy) is 1. The van der Waals surface area contributed by atoms with E-state index in [-0.39, 0.29) is 17.9 Å². The van der Waals surface area contributed by atoms with Gasteiger partial charge in [-0.1, -0.05) is 12.1 Å². The monoisotopic (exact) mass is 435 g/mol. The van der Waals surface area contributed by atoms with Crippen molar-refractivity contribution < 1.29 is 9.53 Å². The normalized spacial score (nSPS) is 14.5. The molecule has 0 atom stereocenters. The van der Waals surface area contributed by atoms with Crippen molar-refractivity contribution in [1.82, 2.24) is 20.0 Å². The highest BCUT2D eigenvalue weighted by molar-refractivity contribution is 5.81. The molecule has 1 saturated heterocycles. The van der Waals surface area contributed by atoms with Gasteiger partial charge in [0.25, 0.3) is 0 Å². The lowest BCUT2D eigenvalue weighted by atomic mass is 10.2. The van der Waals surface area contributed by atoms with E-state index in [1.165, 1.54) is 11.9 Å². The molecule has 0 radical (unpaired) electrons. The molecule has 3 aromatic rings. The number of nitrogens with one attached hydrogen (secondary N) is 1. The molecule has 0 bridgehead atoms. The molecule has 168 valence electrons. The molecule has 1 N–H and O–H groups in total. The minimum Gasteiger partial charge on any atom is -0.497 e. The van der Waals surface area contributed by atoms with Crippen LogP contribution in [0.1, 0.15) is 6.42 Å². The maximum Gasteiger partial charge on any atom is 0.241 e. The molecule has 8 heteroatoms. The number of hydrogen-bond acceptors (Lipinski definition) is 6. The molecular weight excluding hydrogens is 406 g/mol. The fraction of sp³-hybridized carbons (Fsp3) is 0.375. The number of anilines is 1. The summed E-state index contributed by atoms with van der Waals surface area (Å²) in [6, 6.07) is 15.4. The topological polar surface area (TPSA) is 79.7 Å². The Morgan fingerprint density at radius 3 is 2.56 bits per heavy atom. The minimum atomic E-state index is -0.135. The van der Waals surface area contributed by atoms with Gasteiger partial charge in [0.1, 0.15) is 12.3 Å². The number of piperazine rings is 1. The third kappa shape index (κ3) is 5.26. The average molecular weight is 436 g/mol. The van der Waals surface area contributed by atoms with Crippen molar-refractivity contribution in [3.8, 4) is 5.75 Å². The molecule has 1 fully saturated rings. The number of para-hydroxylation sites is 1. The summed E-state index contributed by atoms with van der Waals surface area (Å²) in [7, 11) is 1.68. The lowest BCUT2D eigenvalue weighted by Crippen LogP contribution is -2.47. The third-order valence-electron chi connectivity index (χ3n) is 5.84. The number of carbonyl (C=O) groups excluding carboxylic acids is 1. The van der Waals surface area contributed by atoms with E-state index in [9.17, 15) is 9.59 Å². The Kier molecular flexibility index (Phi) is 7.01. The maximum atomic E-state index is 12.4. The fourth-order valence-electron chi connectivity index (χ4n) is 4.03. The van der Waals surface area contributed by atoms with Gasteiger partial charge in [0.15, 0.2) is 0 Å². The average Bonchev–Trinajstić information content (AvgIpc) is 2.84. The van der Waals surface area contributed by atoms with Crippen LogP contribution in [-0.4, -0.2) is 67.0 Å². The first kappa shape index (κ1) is 21.8. The van der Waals surface area contributed by atoms with Crippen molar-refractivity contribution in [1.29, 1.82) is 0 Å².